The van der Waals surface area contributed by atoms with Crippen LogP contribution in [0.2, 0.25) is 0 Å². The average Bonchev–Trinajstić information content (AvgIpc) is 2.35. The van der Waals surface area contributed by atoms with E-state index in [1.165, 1.54) is 0 Å². The summed E-state index contributed by atoms with van der Waals surface area (Å²) in [7, 11) is 0. The monoisotopic (exact) mass is 274 g/mol. The number of hydrogen-bond donors (Lipinski definition) is 2. The van der Waals surface area contributed by atoms with Crippen molar-refractivity contribution in [3.8, 4) is 0 Å². The number of unbranched alkanes of at least 4 members (excludes halogenated alkanes) is 1. The lowest BCUT2D eigenvalue weighted by Crippen LogP contribution is -2.39. The van der Waals surface area contributed by atoms with Crippen LogP contribution in [0.5, 0.6) is 0 Å². The molecule has 1 unspecified atom stereocenters. The Bertz CT molecular complexity index is 292. The normalized spacial score (nSPS) is 21.6. The van der Waals surface area contributed by atoms with Gasteiger partial charge in [-0.25, -0.2) is 0 Å². The van der Waals surface area contributed by atoms with Gasteiger partial charge in [-0.3, -0.25) is 9.59 Å². The summed E-state index contributed by atoms with van der Waals surface area (Å²) >= 11 is 0. The average molecular weight is 274 g/mol. The fourth-order valence-electron chi connectivity index (χ4n) is 1.91. The van der Waals surface area contributed by atoms with E-state index in [1.54, 1.807) is 6.92 Å². The first-order chi connectivity index (χ1) is 8.91. The molecule has 1 saturated heterocycles. The minimum atomic E-state index is -2.16. The van der Waals surface area contributed by atoms with Crippen LogP contribution in [0.15, 0.2) is 0 Å². The van der Waals surface area contributed by atoms with Crippen molar-refractivity contribution in [3.05, 3.63) is 0 Å². The van der Waals surface area contributed by atoms with Crippen molar-refractivity contribution in [3.63, 3.8) is 0 Å². The van der Waals surface area contributed by atoms with Crippen molar-refractivity contribution < 1.29 is 29.3 Å². The van der Waals surface area contributed by atoms with E-state index in [-0.39, 0.29) is 19.3 Å². The highest BCUT2D eigenvalue weighted by Crippen LogP contribution is 2.23. The number of aliphatic hydroxyl groups is 2. The summed E-state index contributed by atoms with van der Waals surface area (Å²) in [5.74, 6) is -3.28. The SMILES string of the molecule is CC(O)CCCCC1(O)OC(=O)CCCCC(=O)O1. The van der Waals surface area contributed by atoms with Gasteiger partial charge in [-0.2, -0.15) is 0 Å². The van der Waals surface area contributed by atoms with E-state index in [1.807, 2.05) is 0 Å². The molecule has 1 rings (SSSR count). The molecule has 1 aliphatic rings. The third-order valence-corrected chi connectivity index (χ3v) is 2.92. The van der Waals surface area contributed by atoms with Crippen LogP contribution in [0, 0.1) is 0 Å². The highest BCUT2D eigenvalue weighted by atomic mass is 16.8. The fraction of sp³-hybridized carbons (Fsp3) is 0.846. The number of hydrogen-bond acceptors (Lipinski definition) is 6. The Morgan fingerprint density at radius 2 is 1.68 bits per heavy atom. The molecule has 0 aromatic rings. The van der Waals surface area contributed by atoms with E-state index >= 15 is 0 Å². The molecule has 0 aromatic heterocycles. The maximum Gasteiger partial charge on any atom is 0.373 e. The molecule has 1 heterocycles. The lowest BCUT2D eigenvalue weighted by Gasteiger charge is -2.26. The first kappa shape index (κ1) is 15.9. The summed E-state index contributed by atoms with van der Waals surface area (Å²) in [6, 6.07) is 0. The molecular weight excluding hydrogens is 252 g/mol. The van der Waals surface area contributed by atoms with Crippen LogP contribution in [0.25, 0.3) is 0 Å². The highest BCUT2D eigenvalue weighted by Gasteiger charge is 2.36. The van der Waals surface area contributed by atoms with Crippen LogP contribution in [0.1, 0.15) is 58.3 Å². The van der Waals surface area contributed by atoms with Gasteiger partial charge in [0.25, 0.3) is 0 Å². The molecule has 0 saturated carbocycles. The van der Waals surface area contributed by atoms with Gasteiger partial charge in [0.15, 0.2) is 0 Å². The van der Waals surface area contributed by atoms with Crippen molar-refractivity contribution in [2.75, 3.05) is 0 Å². The molecule has 1 fully saturated rings. The van der Waals surface area contributed by atoms with Crippen molar-refractivity contribution in [1.82, 2.24) is 0 Å². The van der Waals surface area contributed by atoms with Gasteiger partial charge >= 0.3 is 17.9 Å². The number of carbonyl (C=O) groups is 2. The van der Waals surface area contributed by atoms with E-state index < -0.39 is 24.0 Å². The highest BCUT2D eigenvalue weighted by molar-refractivity contribution is 5.72. The maximum atomic E-state index is 11.4. The second-order valence-electron chi connectivity index (χ2n) is 4.96. The van der Waals surface area contributed by atoms with Gasteiger partial charge in [-0.05, 0) is 32.6 Å². The number of rotatable bonds is 5. The lowest BCUT2D eigenvalue weighted by atomic mass is 10.1. The summed E-state index contributed by atoms with van der Waals surface area (Å²) in [5.41, 5.74) is 0. The smallest absolute Gasteiger partial charge is 0.373 e. The minimum Gasteiger partial charge on any atom is -0.398 e. The number of aliphatic hydroxyl groups excluding tert-OH is 1. The van der Waals surface area contributed by atoms with Gasteiger partial charge in [0.2, 0.25) is 0 Å². The maximum absolute atomic E-state index is 11.4. The van der Waals surface area contributed by atoms with Crippen LogP contribution >= 0.6 is 0 Å². The Hall–Kier alpha value is -1.14. The Morgan fingerprint density at radius 3 is 2.16 bits per heavy atom. The van der Waals surface area contributed by atoms with Gasteiger partial charge < -0.3 is 19.7 Å². The van der Waals surface area contributed by atoms with Gasteiger partial charge in [0.05, 0.1) is 12.5 Å². The molecular formula is C13H22O6. The summed E-state index contributed by atoms with van der Waals surface area (Å²) in [5, 5.41) is 19.2. The minimum absolute atomic E-state index is 0.0250. The molecule has 6 nitrogen and oxygen atoms in total. The summed E-state index contributed by atoms with van der Waals surface area (Å²) in [6.07, 6.45) is 2.77. The van der Waals surface area contributed by atoms with Gasteiger partial charge in [0, 0.05) is 12.8 Å². The molecule has 0 amide bonds. The molecule has 0 spiro atoms. The topological polar surface area (TPSA) is 93.1 Å². The number of cyclic esters (lactones) is 2. The Morgan fingerprint density at radius 1 is 1.16 bits per heavy atom. The largest absolute Gasteiger partial charge is 0.398 e. The van der Waals surface area contributed by atoms with Crippen LogP contribution in [-0.4, -0.2) is 34.2 Å². The zero-order valence-electron chi connectivity index (χ0n) is 11.3. The molecule has 0 radical (unpaired) electrons. The third kappa shape index (κ3) is 6.54. The van der Waals surface area contributed by atoms with Crippen molar-refractivity contribution in [2.24, 2.45) is 0 Å². The van der Waals surface area contributed by atoms with Gasteiger partial charge in [0.1, 0.15) is 0 Å². The van der Waals surface area contributed by atoms with Crippen LogP contribution in [0.3, 0.4) is 0 Å². The molecule has 0 bridgehead atoms. The van der Waals surface area contributed by atoms with Crippen molar-refractivity contribution in [1.29, 1.82) is 0 Å². The second-order valence-corrected chi connectivity index (χ2v) is 4.96. The summed E-state index contributed by atoms with van der Waals surface area (Å²) in [4.78, 5) is 22.9. The van der Waals surface area contributed by atoms with Crippen LogP contribution < -0.4 is 0 Å². The molecule has 6 heteroatoms. The van der Waals surface area contributed by atoms with E-state index in [0.29, 0.717) is 32.1 Å². The molecule has 110 valence electrons. The Balaban J connectivity index is 2.51. The van der Waals surface area contributed by atoms with E-state index in [0.717, 1.165) is 0 Å². The molecule has 0 aromatic carbocycles. The third-order valence-electron chi connectivity index (χ3n) is 2.92. The quantitative estimate of drug-likeness (QED) is 0.578. The molecule has 2 N–H and O–H groups in total. The zero-order valence-corrected chi connectivity index (χ0v) is 11.3. The predicted molar refractivity (Wildman–Crippen MR) is 65.8 cm³/mol. The van der Waals surface area contributed by atoms with E-state index in [4.69, 9.17) is 14.6 Å². The number of esters is 2. The Labute approximate surface area is 112 Å². The number of carbonyl (C=O) groups excluding carboxylic acids is 2. The number of ether oxygens (including phenoxy) is 2. The van der Waals surface area contributed by atoms with Gasteiger partial charge in [-0.15, -0.1) is 0 Å². The molecule has 1 aliphatic heterocycles. The van der Waals surface area contributed by atoms with E-state index in [2.05, 4.69) is 0 Å². The lowest BCUT2D eigenvalue weighted by molar-refractivity contribution is -0.327. The molecule has 1 atom stereocenters. The van der Waals surface area contributed by atoms with Crippen LogP contribution in [-0.2, 0) is 19.1 Å². The summed E-state index contributed by atoms with van der Waals surface area (Å²) in [6.45, 7) is 1.68. The molecule has 0 aliphatic carbocycles. The van der Waals surface area contributed by atoms with Crippen LogP contribution in [0.4, 0.5) is 0 Å². The standard InChI is InChI=1S/C13H22O6/c1-10(14)6-4-5-9-13(17)18-11(15)7-2-3-8-12(16)19-13/h10,14,17H,2-9H2,1H3. The first-order valence-corrected chi connectivity index (χ1v) is 6.75. The fourth-order valence-corrected chi connectivity index (χ4v) is 1.91. The van der Waals surface area contributed by atoms with Crippen molar-refractivity contribution in [2.45, 2.75) is 70.4 Å². The Kier molecular flexibility index (Phi) is 6.24. The van der Waals surface area contributed by atoms with E-state index in [9.17, 15) is 14.7 Å². The van der Waals surface area contributed by atoms with Crippen molar-refractivity contribution >= 4 is 11.9 Å². The first-order valence-electron chi connectivity index (χ1n) is 6.75. The van der Waals surface area contributed by atoms with Gasteiger partial charge in [-0.1, -0.05) is 6.42 Å². The second kappa shape index (κ2) is 7.45. The predicted octanol–water partition coefficient (Wildman–Crippen LogP) is 1.23. The molecule has 19 heavy (non-hydrogen) atoms. The summed E-state index contributed by atoms with van der Waals surface area (Å²) < 4.78 is 9.69. The zero-order chi connectivity index (χ0) is 14.3.